The maximum atomic E-state index is 14.4. The number of ether oxygens (including phenoxy) is 6. The van der Waals surface area contributed by atoms with Crippen molar-refractivity contribution in [2.45, 2.75) is 218 Å². The fourth-order valence-electron chi connectivity index (χ4n) is 8.89. The van der Waals surface area contributed by atoms with Crippen LogP contribution in [-0.4, -0.2) is 73.0 Å². The van der Waals surface area contributed by atoms with E-state index in [0.29, 0.717) is 19.6 Å². The summed E-state index contributed by atoms with van der Waals surface area (Å²) in [6.07, 6.45) is 19.8. The predicted molar refractivity (Wildman–Crippen MR) is 272 cm³/mol. The summed E-state index contributed by atoms with van der Waals surface area (Å²) < 4.78 is 38.5. The summed E-state index contributed by atoms with van der Waals surface area (Å²) in [6.45, 7) is 8.89. The molecule has 0 radical (unpaired) electrons. The summed E-state index contributed by atoms with van der Waals surface area (Å²) in [4.78, 5) is 28.7. The van der Waals surface area contributed by atoms with Gasteiger partial charge in [0.15, 0.2) is 12.4 Å². The van der Waals surface area contributed by atoms with Crippen LogP contribution in [0.4, 0.5) is 0 Å². The highest BCUT2D eigenvalue weighted by Gasteiger charge is 2.50. The van der Waals surface area contributed by atoms with Crippen LogP contribution >= 0.6 is 0 Å². The zero-order chi connectivity index (χ0) is 48.3. The van der Waals surface area contributed by atoms with Crippen molar-refractivity contribution in [1.82, 2.24) is 5.32 Å². The summed E-state index contributed by atoms with van der Waals surface area (Å²) in [7, 11) is 0. The molecule has 1 saturated heterocycles. The molecule has 7 atom stereocenters. The van der Waals surface area contributed by atoms with Crippen LogP contribution in [-0.2, 0) is 57.8 Å². The first-order valence-electron chi connectivity index (χ1n) is 26.4. The van der Waals surface area contributed by atoms with Gasteiger partial charge in [-0.15, -0.1) is 6.58 Å². The molecule has 1 aliphatic heterocycles. The zero-order valence-corrected chi connectivity index (χ0v) is 41.8. The van der Waals surface area contributed by atoms with Gasteiger partial charge in [-0.1, -0.05) is 226 Å². The lowest BCUT2D eigenvalue weighted by Gasteiger charge is -2.45. The first kappa shape index (κ1) is 56.7. The summed E-state index contributed by atoms with van der Waals surface area (Å²) in [5, 5.41) is 13.9. The van der Waals surface area contributed by atoms with E-state index >= 15 is 0 Å². The molecule has 68 heavy (non-hydrogen) atoms. The molecule has 1 fully saturated rings. The van der Waals surface area contributed by atoms with Crippen molar-refractivity contribution < 1.29 is 43.1 Å². The van der Waals surface area contributed by atoms with E-state index in [1.165, 1.54) is 77.0 Å². The first-order valence-corrected chi connectivity index (χ1v) is 26.4. The molecule has 378 valence electrons. The van der Waals surface area contributed by atoms with Gasteiger partial charge in [0.25, 0.3) is 0 Å². The Morgan fingerprint density at radius 3 is 1.50 bits per heavy atom. The molecule has 0 saturated carbocycles. The quantitative estimate of drug-likeness (QED) is 0.0327. The lowest BCUT2D eigenvalue weighted by molar-refractivity contribution is -0.280. The second kappa shape index (κ2) is 36.1. The Balaban J connectivity index is 1.52. The Hall–Kier alpha value is -3.90. The number of aliphatic hydroxyl groups is 1. The van der Waals surface area contributed by atoms with E-state index in [0.717, 1.165) is 61.6 Å². The number of rotatable bonds is 39. The van der Waals surface area contributed by atoms with Crippen LogP contribution < -0.4 is 5.32 Å². The van der Waals surface area contributed by atoms with Crippen molar-refractivity contribution >= 4 is 11.9 Å². The maximum Gasteiger partial charge on any atom is 0.308 e. The number of esters is 1. The van der Waals surface area contributed by atoms with E-state index in [2.05, 4.69) is 25.7 Å². The molecule has 1 aliphatic rings. The molecule has 10 heteroatoms. The van der Waals surface area contributed by atoms with Crippen LogP contribution in [0, 0.1) is 0 Å². The molecule has 10 nitrogen and oxygen atoms in total. The molecule has 0 unspecified atom stereocenters. The van der Waals surface area contributed by atoms with E-state index in [1.807, 2.05) is 91.0 Å². The van der Waals surface area contributed by atoms with Crippen LogP contribution in [0.1, 0.15) is 172 Å². The smallest absolute Gasteiger partial charge is 0.308 e. The van der Waals surface area contributed by atoms with Crippen LogP contribution in [0.25, 0.3) is 0 Å². The minimum atomic E-state index is -1.09. The molecule has 1 amide bonds. The van der Waals surface area contributed by atoms with Gasteiger partial charge in [0.1, 0.15) is 18.2 Å². The van der Waals surface area contributed by atoms with Gasteiger partial charge in [0.05, 0.1) is 58.1 Å². The van der Waals surface area contributed by atoms with Crippen LogP contribution in [0.2, 0.25) is 0 Å². The monoisotopic (exact) mass is 942 g/mol. The Kier molecular flexibility index (Phi) is 30.1. The number of benzene rings is 3. The number of unbranched alkanes of at least 4 members (excludes halogenated alkanes) is 16. The predicted octanol–water partition coefficient (Wildman–Crippen LogP) is 12.7. The van der Waals surface area contributed by atoms with Crippen LogP contribution in [0.15, 0.2) is 104 Å². The van der Waals surface area contributed by atoms with Crippen molar-refractivity contribution in [2.75, 3.05) is 13.2 Å². The zero-order valence-electron chi connectivity index (χ0n) is 41.8. The standard InChI is InChI=1S/C58H87NO9/c1-4-7-9-11-13-15-17-19-30-38-50(64-44-47-32-24-21-25-33-47)41-53(61)59-55-57(56(66-46-49-36-28-23-29-37-49)52(43-60)67-58(55)63-40-6-3)68-54(62)42-51(65-45-48-34-26-22-27-35-48)39-31-20-18-16-14-12-10-8-5-2/h6,21-29,32-37,50-52,55-58,60H,3-5,7-20,30-31,38-46H2,1-2H3,(H,59,61)/t50-,51-,52-,55-,56-,57-,58+/m1/s1. The van der Waals surface area contributed by atoms with E-state index in [-0.39, 0.29) is 38.1 Å². The largest absolute Gasteiger partial charge is 0.457 e. The maximum absolute atomic E-state index is 14.4. The third-order valence-corrected chi connectivity index (χ3v) is 12.8. The first-order chi connectivity index (χ1) is 33.4. The lowest BCUT2D eigenvalue weighted by atomic mass is 9.95. The molecule has 2 N–H and O–H groups in total. The van der Waals surface area contributed by atoms with Gasteiger partial charge in [-0.2, -0.15) is 0 Å². The molecule has 0 bridgehead atoms. The number of hydrogen-bond acceptors (Lipinski definition) is 9. The second-order valence-corrected chi connectivity index (χ2v) is 18.6. The molecule has 3 aromatic carbocycles. The van der Waals surface area contributed by atoms with Crippen LogP contribution in [0.3, 0.4) is 0 Å². The highest BCUT2D eigenvalue weighted by Crippen LogP contribution is 2.30. The van der Waals surface area contributed by atoms with Crippen molar-refractivity contribution in [3.8, 4) is 0 Å². The average Bonchev–Trinajstić information content (AvgIpc) is 3.36. The summed E-state index contributed by atoms with van der Waals surface area (Å²) in [6, 6.07) is 28.6. The number of carbonyl (C=O) groups is 2. The minimum absolute atomic E-state index is 0.00337. The Morgan fingerprint density at radius 2 is 1.04 bits per heavy atom. The van der Waals surface area contributed by atoms with Gasteiger partial charge in [-0.05, 0) is 29.5 Å². The van der Waals surface area contributed by atoms with Gasteiger partial charge < -0.3 is 38.8 Å². The molecule has 0 aliphatic carbocycles. The molecule has 0 aromatic heterocycles. The fourth-order valence-corrected chi connectivity index (χ4v) is 8.89. The van der Waals surface area contributed by atoms with Gasteiger partial charge in [-0.25, -0.2) is 0 Å². The van der Waals surface area contributed by atoms with Gasteiger partial charge in [0.2, 0.25) is 5.91 Å². The summed E-state index contributed by atoms with van der Waals surface area (Å²) in [5.41, 5.74) is 2.95. The van der Waals surface area contributed by atoms with E-state index in [9.17, 15) is 14.7 Å². The lowest BCUT2D eigenvalue weighted by Crippen LogP contribution is -2.66. The average molecular weight is 942 g/mol. The van der Waals surface area contributed by atoms with Crippen LogP contribution in [0.5, 0.6) is 0 Å². The summed E-state index contributed by atoms with van der Waals surface area (Å²) >= 11 is 0. The Morgan fingerprint density at radius 1 is 0.603 bits per heavy atom. The number of hydrogen-bond donors (Lipinski definition) is 2. The normalized spacial score (nSPS) is 19.0. The third-order valence-electron chi connectivity index (χ3n) is 12.8. The molecular formula is C58H87NO9. The Bertz CT molecular complexity index is 1710. The van der Waals surface area contributed by atoms with Crippen molar-refractivity contribution in [1.29, 1.82) is 0 Å². The SMILES string of the molecule is C=CCO[C@H]1O[C@H](CO)[C@@H](OCc2ccccc2)[C@H](OC(=O)C[C@@H](CCCCCCCCCCC)OCc2ccccc2)[C@H]1NC(=O)C[C@@H](CCCCCCCCCCC)OCc1ccccc1. The minimum Gasteiger partial charge on any atom is -0.457 e. The highest BCUT2D eigenvalue weighted by molar-refractivity contribution is 5.77. The topological polar surface area (TPSA) is 122 Å². The second-order valence-electron chi connectivity index (χ2n) is 18.6. The number of nitrogens with one attached hydrogen (secondary N) is 1. The van der Waals surface area contributed by atoms with Gasteiger partial charge >= 0.3 is 5.97 Å². The van der Waals surface area contributed by atoms with E-state index < -0.39 is 49.3 Å². The number of carbonyl (C=O) groups excluding carboxylic acids is 2. The van der Waals surface area contributed by atoms with Crippen molar-refractivity contribution in [3.63, 3.8) is 0 Å². The molecule has 4 rings (SSSR count). The molecule has 0 spiro atoms. The molecular weight excluding hydrogens is 855 g/mol. The van der Waals surface area contributed by atoms with E-state index in [1.54, 1.807) is 6.08 Å². The number of aliphatic hydroxyl groups excluding tert-OH is 1. The van der Waals surface area contributed by atoms with E-state index in [4.69, 9.17) is 28.4 Å². The third kappa shape index (κ3) is 23.6. The Labute approximate surface area is 410 Å². The molecule has 3 aromatic rings. The fraction of sp³-hybridized carbons (Fsp3) is 0.621. The highest BCUT2D eigenvalue weighted by atomic mass is 16.7. The van der Waals surface area contributed by atoms with Gasteiger partial charge in [-0.3, -0.25) is 9.59 Å². The number of amides is 1. The summed E-state index contributed by atoms with van der Waals surface area (Å²) in [5.74, 6) is -0.786. The molecule has 1 heterocycles. The van der Waals surface area contributed by atoms with Gasteiger partial charge in [0, 0.05) is 0 Å². The van der Waals surface area contributed by atoms with Crippen molar-refractivity contribution in [3.05, 3.63) is 120 Å². The van der Waals surface area contributed by atoms with Crippen molar-refractivity contribution in [2.24, 2.45) is 0 Å².